The number of ether oxygens (including phenoxy) is 2. The number of benzene rings is 2. The molecule has 0 saturated carbocycles. The average Bonchev–Trinajstić information content (AvgIpc) is 2.55. The molecule has 0 amide bonds. The topological polar surface area (TPSA) is 52.6 Å². The zero-order chi connectivity index (χ0) is 15.8. The summed E-state index contributed by atoms with van der Waals surface area (Å²) in [5.74, 6) is 0.227. The Labute approximate surface area is 133 Å². The third-order valence-corrected chi connectivity index (χ3v) is 3.71. The molecule has 0 spiro atoms. The van der Waals surface area contributed by atoms with Gasteiger partial charge in [-0.3, -0.25) is 4.79 Å². The van der Waals surface area contributed by atoms with Crippen LogP contribution in [0.2, 0.25) is 0 Å². The van der Waals surface area contributed by atoms with Crippen LogP contribution in [0.1, 0.15) is 17.3 Å². The first-order chi connectivity index (χ1) is 10.7. The van der Waals surface area contributed by atoms with Crippen LogP contribution in [-0.4, -0.2) is 25.5 Å². The van der Waals surface area contributed by atoms with Gasteiger partial charge in [0.2, 0.25) is 0 Å². The highest BCUT2D eigenvalue weighted by Crippen LogP contribution is 2.29. The molecule has 0 bridgehead atoms. The van der Waals surface area contributed by atoms with Crippen LogP contribution >= 0.6 is 11.8 Å². The molecular formula is C17H16O4S. The Morgan fingerprint density at radius 1 is 1.14 bits per heavy atom. The van der Waals surface area contributed by atoms with Crippen molar-refractivity contribution >= 4 is 24.0 Å². The van der Waals surface area contributed by atoms with Crippen molar-refractivity contribution in [2.75, 3.05) is 13.2 Å². The number of aldehydes is 1. The molecule has 0 aliphatic carbocycles. The average molecular weight is 316 g/mol. The maximum absolute atomic E-state index is 11.2. The maximum atomic E-state index is 11.2. The highest BCUT2D eigenvalue weighted by molar-refractivity contribution is 7.99. The van der Waals surface area contributed by atoms with E-state index in [9.17, 15) is 9.59 Å². The summed E-state index contributed by atoms with van der Waals surface area (Å²) < 4.78 is 10.1. The first kappa shape index (κ1) is 16.1. The normalized spacial score (nSPS) is 10.0. The van der Waals surface area contributed by atoms with Crippen molar-refractivity contribution in [3.05, 3.63) is 54.1 Å². The van der Waals surface area contributed by atoms with Crippen molar-refractivity contribution in [1.29, 1.82) is 0 Å². The summed E-state index contributed by atoms with van der Waals surface area (Å²) >= 11 is 1.55. The Hall–Kier alpha value is -2.27. The van der Waals surface area contributed by atoms with Crippen molar-refractivity contribution in [3.8, 4) is 5.75 Å². The van der Waals surface area contributed by atoms with E-state index in [1.54, 1.807) is 36.9 Å². The van der Waals surface area contributed by atoms with E-state index in [-0.39, 0.29) is 12.6 Å². The fourth-order valence-electron chi connectivity index (χ4n) is 1.74. The first-order valence-electron chi connectivity index (χ1n) is 6.83. The minimum atomic E-state index is -0.383. The lowest BCUT2D eigenvalue weighted by Gasteiger charge is -2.07. The van der Waals surface area contributed by atoms with Gasteiger partial charge >= 0.3 is 5.97 Å². The van der Waals surface area contributed by atoms with E-state index in [0.29, 0.717) is 17.9 Å². The molecule has 4 nitrogen and oxygen atoms in total. The molecule has 0 fully saturated rings. The van der Waals surface area contributed by atoms with Crippen LogP contribution in [0.15, 0.2) is 58.3 Å². The van der Waals surface area contributed by atoms with Crippen LogP contribution < -0.4 is 4.74 Å². The molecule has 114 valence electrons. The molecule has 0 unspecified atom stereocenters. The van der Waals surface area contributed by atoms with E-state index in [2.05, 4.69) is 0 Å². The Kier molecular flexibility index (Phi) is 6.03. The number of hydrogen-bond acceptors (Lipinski definition) is 5. The molecule has 0 heterocycles. The summed E-state index contributed by atoms with van der Waals surface area (Å²) in [6, 6.07) is 14.8. The lowest BCUT2D eigenvalue weighted by Crippen LogP contribution is -2.14. The predicted octanol–water partition coefficient (Wildman–Crippen LogP) is 3.59. The number of carbonyl (C=O) groups is 2. The van der Waals surface area contributed by atoms with Gasteiger partial charge in [-0.05, 0) is 43.3 Å². The quantitative estimate of drug-likeness (QED) is 0.577. The van der Waals surface area contributed by atoms with Gasteiger partial charge in [0.1, 0.15) is 12.0 Å². The molecule has 0 N–H and O–H groups in total. The second-order valence-electron chi connectivity index (χ2n) is 4.36. The molecule has 2 rings (SSSR count). The minimum absolute atomic E-state index is 0.0955. The van der Waals surface area contributed by atoms with Crippen molar-refractivity contribution < 1.29 is 19.1 Å². The summed E-state index contributed by atoms with van der Waals surface area (Å²) in [4.78, 5) is 24.0. The van der Waals surface area contributed by atoms with Crippen molar-refractivity contribution in [2.45, 2.75) is 16.7 Å². The van der Waals surface area contributed by atoms with Crippen LogP contribution in [0.4, 0.5) is 0 Å². The maximum Gasteiger partial charge on any atom is 0.344 e. The smallest absolute Gasteiger partial charge is 0.344 e. The Morgan fingerprint density at radius 3 is 2.59 bits per heavy atom. The third-order valence-electron chi connectivity index (χ3n) is 2.72. The second kappa shape index (κ2) is 8.24. The van der Waals surface area contributed by atoms with Gasteiger partial charge in [-0.15, -0.1) is 0 Å². The van der Waals surface area contributed by atoms with Crippen LogP contribution in [0.5, 0.6) is 5.75 Å². The molecule has 2 aromatic carbocycles. The highest BCUT2D eigenvalue weighted by Gasteiger charge is 2.04. The number of esters is 1. The highest BCUT2D eigenvalue weighted by atomic mass is 32.2. The van der Waals surface area contributed by atoms with Gasteiger partial charge in [-0.2, -0.15) is 0 Å². The van der Waals surface area contributed by atoms with E-state index in [4.69, 9.17) is 9.47 Å². The fourth-order valence-corrected chi connectivity index (χ4v) is 2.62. The summed E-state index contributed by atoms with van der Waals surface area (Å²) in [5, 5.41) is 0. The summed E-state index contributed by atoms with van der Waals surface area (Å²) in [6.45, 7) is 2.00. The molecule has 2 aromatic rings. The van der Waals surface area contributed by atoms with E-state index in [1.807, 2.05) is 30.3 Å². The molecule has 0 aromatic heterocycles. The first-order valence-corrected chi connectivity index (χ1v) is 7.64. The predicted molar refractivity (Wildman–Crippen MR) is 84.5 cm³/mol. The molecule has 0 radical (unpaired) electrons. The van der Waals surface area contributed by atoms with Crippen molar-refractivity contribution in [2.24, 2.45) is 0 Å². The summed E-state index contributed by atoms with van der Waals surface area (Å²) in [5.41, 5.74) is 0.652. The van der Waals surface area contributed by atoms with Gasteiger partial charge in [0.25, 0.3) is 0 Å². The Bertz CT molecular complexity index is 637. The monoisotopic (exact) mass is 316 g/mol. The van der Waals surface area contributed by atoms with Crippen LogP contribution in [0, 0.1) is 0 Å². The Morgan fingerprint density at radius 2 is 1.91 bits per heavy atom. The van der Waals surface area contributed by atoms with Gasteiger partial charge in [0, 0.05) is 15.4 Å². The van der Waals surface area contributed by atoms with E-state index < -0.39 is 0 Å². The van der Waals surface area contributed by atoms with Crippen molar-refractivity contribution in [3.63, 3.8) is 0 Å². The minimum Gasteiger partial charge on any atom is -0.482 e. The standard InChI is InChI=1S/C17H16O4S/c1-2-20-17(19)12-21-14-6-8-15(9-7-14)22-16-5-3-4-13(10-16)11-18/h3-11H,2,12H2,1H3. The van der Waals surface area contributed by atoms with Crippen LogP contribution in [0.25, 0.3) is 0 Å². The Balaban J connectivity index is 1.93. The zero-order valence-corrected chi connectivity index (χ0v) is 13.0. The van der Waals surface area contributed by atoms with Crippen molar-refractivity contribution in [1.82, 2.24) is 0 Å². The third kappa shape index (κ3) is 4.93. The number of hydrogen-bond donors (Lipinski definition) is 0. The molecule has 0 saturated heterocycles. The largest absolute Gasteiger partial charge is 0.482 e. The molecule has 5 heteroatoms. The zero-order valence-electron chi connectivity index (χ0n) is 12.2. The summed E-state index contributed by atoms with van der Waals surface area (Å²) in [7, 11) is 0. The molecule has 0 atom stereocenters. The van der Waals surface area contributed by atoms with Gasteiger partial charge in [0.05, 0.1) is 6.61 Å². The van der Waals surface area contributed by atoms with Gasteiger partial charge in [-0.25, -0.2) is 4.79 Å². The number of rotatable bonds is 7. The fraction of sp³-hybridized carbons (Fsp3) is 0.176. The van der Waals surface area contributed by atoms with Crippen LogP contribution in [-0.2, 0) is 9.53 Å². The molecule has 22 heavy (non-hydrogen) atoms. The van der Waals surface area contributed by atoms with E-state index in [0.717, 1.165) is 16.1 Å². The molecule has 0 aliphatic rings. The van der Waals surface area contributed by atoms with E-state index in [1.165, 1.54) is 0 Å². The molecular weight excluding hydrogens is 300 g/mol. The summed E-state index contributed by atoms with van der Waals surface area (Å²) in [6.07, 6.45) is 0.830. The SMILES string of the molecule is CCOC(=O)COc1ccc(Sc2cccc(C=O)c2)cc1. The lowest BCUT2D eigenvalue weighted by molar-refractivity contribution is -0.145. The van der Waals surface area contributed by atoms with Gasteiger partial charge in [-0.1, -0.05) is 23.9 Å². The van der Waals surface area contributed by atoms with Gasteiger partial charge in [0.15, 0.2) is 6.61 Å². The number of carbonyl (C=O) groups excluding carboxylic acids is 2. The van der Waals surface area contributed by atoms with Gasteiger partial charge < -0.3 is 9.47 Å². The molecule has 0 aliphatic heterocycles. The second-order valence-corrected chi connectivity index (χ2v) is 5.50. The van der Waals surface area contributed by atoms with E-state index >= 15 is 0 Å². The van der Waals surface area contributed by atoms with Crippen LogP contribution in [0.3, 0.4) is 0 Å². The lowest BCUT2D eigenvalue weighted by atomic mass is 10.2.